The van der Waals surface area contributed by atoms with Gasteiger partial charge in [0.1, 0.15) is 11.6 Å². The topological polar surface area (TPSA) is 42.4 Å². The number of aryl methyl sites for hydroxylation is 1. The van der Waals surface area contributed by atoms with E-state index in [4.69, 9.17) is 9.72 Å². The average Bonchev–Trinajstić information content (AvgIpc) is 2.83. The Morgan fingerprint density at radius 3 is 2.61 bits per heavy atom. The number of ether oxygens (including phenoxy) is 1. The molecular formula is C26H27FN2O2. The van der Waals surface area contributed by atoms with Crippen molar-refractivity contribution in [3.8, 4) is 17.0 Å². The molecule has 3 aromatic rings. The van der Waals surface area contributed by atoms with E-state index in [0.717, 1.165) is 54.1 Å². The number of hydrogen-bond acceptors (Lipinski definition) is 3. The molecule has 2 aromatic carbocycles. The normalized spacial score (nSPS) is 16.2. The molecule has 2 heterocycles. The first-order valence-electron chi connectivity index (χ1n) is 10.8. The zero-order valence-electron chi connectivity index (χ0n) is 17.8. The number of benzene rings is 2. The number of amides is 1. The van der Waals surface area contributed by atoms with E-state index in [2.05, 4.69) is 0 Å². The Morgan fingerprint density at radius 2 is 1.87 bits per heavy atom. The molecule has 1 fully saturated rings. The molecule has 0 bridgehead atoms. The van der Waals surface area contributed by atoms with Crippen LogP contribution in [0.15, 0.2) is 66.7 Å². The Kier molecular flexibility index (Phi) is 6.60. The van der Waals surface area contributed by atoms with Crippen molar-refractivity contribution in [3.05, 3.63) is 83.8 Å². The van der Waals surface area contributed by atoms with E-state index < -0.39 is 0 Å². The molecule has 1 unspecified atom stereocenters. The van der Waals surface area contributed by atoms with Crippen molar-refractivity contribution in [1.82, 2.24) is 9.88 Å². The molecule has 0 saturated carbocycles. The van der Waals surface area contributed by atoms with Gasteiger partial charge in [0.15, 0.2) is 0 Å². The monoisotopic (exact) mass is 418 g/mol. The van der Waals surface area contributed by atoms with Crippen LogP contribution in [-0.2, 0) is 11.2 Å². The first-order chi connectivity index (χ1) is 15.1. The number of carbonyl (C=O) groups excluding carboxylic acids is 1. The van der Waals surface area contributed by atoms with Crippen LogP contribution < -0.4 is 4.74 Å². The molecule has 0 spiro atoms. The molecule has 1 atom stereocenters. The summed E-state index contributed by atoms with van der Waals surface area (Å²) >= 11 is 0. The molecule has 0 aliphatic carbocycles. The average molecular weight is 419 g/mol. The smallest absolute Gasteiger partial charge is 0.222 e. The van der Waals surface area contributed by atoms with Gasteiger partial charge in [-0.2, -0.15) is 0 Å². The summed E-state index contributed by atoms with van der Waals surface area (Å²) in [6, 6.07) is 20.2. The van der Waals surface area contributed by atoms with Gasteiger partial charge in [-0.05, 0) is 73.4 Å². The standard InChI is InChI=1S/C26H27FN2O2/c1-31-23-14-7-19(8-15-23)9-16-26(30)29-17-3-4-21(18-29)25-6-2-5-24(28-25)20-10-12-22(27)13-11-20/h2,5-8,10-15,21H,3-4,9,16-18H2,1H3. The summed E-state index contributed by atoms with van der Waals surface area (Å²) < 4.78 is 18.4. The third-order valence-electron chi connectivity index (χ3n) is 5.89. The molecule has 160 valence electrons. The van der Waals surface area contributed by atoms with Crippen molar-refractivity contribution in [2.45, 2.75) is 31.6 Å². The van der Waals surface area contributed by atoms with Crippen molar-refractivity contribution in [3.63, 3.8) is 0 Å². The first kappa shape index (κ1) is 21.0. The molecule has 0 radical (unpaired) electrons. The van der Waals surface area contributed by atoms with Crippen LogP contribution in [0.4, 0.5) is 4.39 Å². The third kappa shape index (κ3) is 5.29. The zero-order valence-corrected chi connectivity index (χ0v) is 17.8. The summed E-state index contributed by atoms with van der Waals surface area (Å²) in [6.07, 6.45) is 3.22. The van der Waals surface area contributed by atoms with Crippen LogP contribution in [0.5, 0.6) is 5.75 Å². The molecule has 31 heavy (non-hydrogen) atoms. The Morgan fingerprint density at radius 1 is 1.10 bits per heavy atom. The predicted molar refractivity (Wildman–Crippen MR) is 120 cm³/mol. The van der Waals surface area contributed by atoms with Gasteiger partial charge >= 0.3 is 0 Å². The van der Waals surface area contributed by atoms with Crippen molar-refractivity contribution >= 4 is 5.91 Å². The van der Waals surface area contributed by atoms with Gasteiger partial charge in [0.05, 0.1) is 12.8 Å². The Hall–Kier alpha value is -3.21. The van der Waals surface area contributed by atoms with Gasteiger partial charge in [0.2, 0.25) is 5.91 Å². The minimum atomic E-state index is -0.254. The van der Waals surface area contributed by atoms with E-state index in [1.54, 1.807) is 19.2 Å². The quantitative estimate of drug-likeness (QED) is 0.550. The predicted octanol–water partition coefficient (Wildman–Crippen LogP) is 5.24. The van der Waals surface area contributed by atoms with Crippen LogP contribution >= 0.6 is 0 Å². The molecule has 5 heteroatoms. The maximum Gasteiger partial charge on any atom is 0.222 e. The second-order valence-corrected chi connectivity index (χ2v) is 7.98. The van der Waals surface area contributed by atoms with E-state index in [-0.39, 0.29) is 17.6 Å². The summed E-state index contributed by atoms with van der Waals surface area (Å²) in [7, 11) is 1.65. The van der Waals surface area contributed by atoms with E-state index in [1.807, 2.05) is 47.4 Å². The molecule has 1 amide bonds. The molecule has 1 aromatic heterocycles. The Labute approximate surface area is 182 Å². The van der Waals surface area contributed by atoms with Crippen LogP contribution in [0.3, 0.4) is 0 Å². The number of piperidine rings is 1. The number of aromatic nitrogens is 1. The zero-order chi connectivity index (χ0) is 21.6. The fourth-order valence-corrected chi connectivity index (χ4v) is 4.11. The van der Waals surface area contributed by atoms with Crippen LogP contribution in [0.25, 0.3) is 11.3 Å². The summed E-state index contributed by atoms with van der Waals surface area (Å²) in [5.74, 6) is 0.981. The minimum Gasteiger partial charge on any atom is -0.497 e. The summed E-state index contributed by atoms with van der Waals surface area (Å²) in [5.41, 5.74) is 3.86. The van der Waals surface area contributed by atoms with E-state index in [0.29, 0.717) is 13.0 Å². The number of likely N-dealkylation sites (tertiary alicyclic amines) is 1. The minimum absolute atomic E-state index is 0.190. The molecule has 1 saturated heterocycles. The van der Waals surface area contributed by atoms with Crippen LogP contribution in [0.2, 0.25) is 0 Å². The highest BCUT2D eigenvalue weighted by molar-refractivity contribution is 5.76. The van der Waals surface area contributed by atoms with E-state index >= 15 is 0 Å². The lowest BCUT2D eigenvalue weighted by Crippen LogP contribution is -2.39. The third-order valence-corrected chi connectivity index (χ3v) is 5.89. The second kappa shape index (κ2) is 9.73. The van der Waals surface area contributed by atoms with Gasteiger partial charge in [0.25, 0.3) is 0 Å². The largest absolute Gasteiger partial charge is 0.497 e. The highest BCUT2D eigenvalue weighted by atomic mass is 19.1. The van der Waals surface area contributed by atoms with Crippen LogP contribution in [-0.4, -0.2) is 36.0 Å². The fraction of sp³-hybridized carbons (Fsp3) is 0.308. The molecule has 4 rings (SSSR count). The number of nitrogens with zero attached hydrogens (tertiary/aromatic N) is 2. The number of carbonyl (C=O) groups is 1. The van der Waals surface area contributed by atoms with Crippen molar-refractivity contribution in [2.24, 2.45) is 0 Å². The van der Waals surface area contributed by atoms with Gasteiger partial charge < -0.3 is 9.64 Å². The fourth-order valence-electron chi connectivity index (χ4n) is 4.11. The lowest BCUT2D eigenvalue weighted by Gasteiger charge is -2.32. The molecule has 1 aliphatic rings. The number of pyridine rings is 1. The summed E-state index contributed by atoms with van der Waals surface area (Å²) in [4.78, 5) is 19.6. The highest BCUT2D eigenvalue weighted by Gasteiger charge is 2.25. The lowest BCUT2D eigenvalue weighted by atomic mass is 9.93. The molecule has 1 aliphatic heterocycles. The van der Waals surface area contributed by atoms with E-state index in [9.17, 15) is 9.18 Å². The van der Waals surface area contributed by atoms with Gasteiger partial charge in [-0.1, -0.05) is 18.2 Å². The Balaban J connectivity index is 1.39. The van der Waals surface area contributed by atoms with E-state index in [1.165, 1.54) is 12.1 Å². The summed E-state index contributed by atoms with van der Waals surface area (Å²) in [6.45, 7) is 1.50. The molecule has 4 nitrogen and oxygen atoms in total. The van der Waals surface area contributed by atoms with Gasteiger partial charge in [-0.25, -0.2) is 4.39 Å². The highest BCUT2D eigenvalue weighted by Crippen LogP contribution is 2.28. The number of methoxy groups -OCH3 is 1. The number of hydrogen-bond donors (Lipinski definition) is 0. The maximum absolute atomic E-state index is 13.2. The Bertz CT molecular complexity index is 1020. The first-order valence-corrected chi connectivity index (χ1v) is 10.8. The second-order valence-electron chi connectivity index (χ2n) is 7.98. The maximum atomic E-state index is 13.2. The van der Waals surface area contributed by atoms with Crippen molar-refractivity contribution in [2.75, 3.05) is 20.2 Å². The SMILES string of the molecule is COc1ccc(CCC(=O)N2CCCC(c3cccc(-c4ccc(F)cc4)n3)C2)cc1. The molecular weight excluding hydrogens is 391 g/mol. The van der Waals surface area contributed by atoms with Gasteiger partial charge in [-0.3, -0.25) is 9.78 Å². The number of rotatable bonds is 6. The number of halogens is 1. The van der Waals surface area contributed by atoms with Crippen molar-refractivity contribution in [1.29, 1.82) is 0 Å². The lowest BCUT2D eigenvalue weighted by molar-refractivity contribution is -0.132. The summed E-state index contributed by atoms with van der Waals surface area (Å²) in [5, 5.41) is 0. The molecule has 0 N–H and O–H groups in total. The van der Waals surface area contributed by atoms with Gasteiger partial charge in [0, 0.05) is 36.7 Å². The van der Waals surface area contributed by atoms with Crippen molar-refractivity contribution < 1.29 is 13.9 Å². The van der Waals surface area contributed by atoms with Crippen LogP contribution in [0, 0.1) is 5.82 Å². The van der Waals surface area contributed by atoms with Crippen LogP contribution in [0.1, 0.15) is 36.4 Å². The van der Waals surface area contributed by atoms with Gasteiger partial charge in [-0.15, -0.1) is 0 Å².